The lowest BCUT2D eigenvalue weighted by molar-refractivity contribution is -0.127. The Kier molecular flexibility index (Phi) is 7.95. The highest BCUT2D eigenvalue weighted by atomic mass is 35.5. The second kappa shape index (κ2) is 11.3. The smallest absolute Gasteiger partial charge is 0.329 e. The zero-order valence-corrected chi connectivity index (χ0v) is 20.9. The molecule has 0 bridgehead atoms. The van der Waals surface area contributed by atoms with E-state index in [0.717, 1.165) is 4.90 Å². The summed E-state index contributed by atoms with van der Waals surface area (Å²) in [4.78, 5) is 38.4. The zero-order chi connectivity index (χ0) is 26.5. The number of methoxy groups -OCH3 is 1. The number of urea groups is 1. The van der Waals surface area contributed by atoms with Crippen LogP contribution in [0.25, 0.3) is 6.08 Å². The molecule has 3 aromatic carbocycles. The number of nitrogens with one attached hydrogen (secondary N) is 2. The average Bonchev–Trinajstić information content (AvgIpc) is 3.12. The van der Waals surface area contributed by atoms with Crippen LogP contribution >= 0.6 is 23.2 Å². The van der Waals surface area contributed by atoms with Crippen LogP contribution in [-0.2, 0) is 16.2 Å². The number of halogens is 3. The molecule has 0 atom stereocenters. The van der Waals surface area contributed by atoms with Crippen molar-refractivity contribution < 1.29 is 28.2 Å². The number of benzene rings is 3. The Morgan fingerprint density at radius 1 is 1.08 bits per heavy atom. The summed E-state index contributed by atoms with van der Waals surface area (Å²) >= 11 is 12.7. The van der Waals surface area contributed by atoms with Crippen LogP contribution in [0, 0.1) is 5.82 Å². The molecule has 8 nitrogen and oxygen atoms in total. The molecule has 1 heterocycles. The molecular formula is C26H20Cl2FN3O5. The first-order valence-corrected chi connectivity index (χ1v) is 11.6. The summed E-state index contributed by atoms with van der Waals surface area (Å²) in [5.74, 6) is -0.979. The molecule has 3 aromatic rings. The van der Waals surface area contributed by atoms with Crippen molar-refractivity contribution in [3.05, 3.63) is 93.4 Å². The van der Waals surface area contributed by atoms with Crippen LogP contribution in [0.2, 0.25) is 10.0 Å². The highest BCUT2D eigenvalue weighted by Crippen LogP contribution is 2.35. The van der Waals surface area contributed by atoms with E-state index in [-0.39, 0.29) is 33.9 Å². The number of nitrogens with zero attached hydrogens (tertiary/aromatic N) is 1. The standard InChI is InChI=1S/C26H20Cl2FN3O5/c1-36-22-5-3-2-4-20(22)30-23(33)13-32-25(34)21(31-26(32)35)12-16-10-18(27)24(19(28)11-16)37-14-15-6-8-17(29)9-7-15/h2-12H,13-14H2,1H3,(H,30,33)(H,31,35)/b21-12+. The van der Waals surface area contributed by atoms with Crippen molar-refractivity contribution in [1.82, 2.24) is 10.2 Å². The van der Waals surface area contributed by atoms with E-state index in [1.165, 1.54) is 37.5 Å². The van der Waals surface area contributed by atoms with Crippen LogP contribution < -0.4 is 20.1 Å². The van der Waals surface area contributed by atoms with Crippen molar-refractivity contribution in [2.45, 2.75) is 6.61 Å². The van der Waals surface area contributed by atoms with Gasteiger partial charge in [-0.3, -0.25) is 9.59 Å². The molecule has 37 heavy (non-hydrogen) atoms. The molecule has 0 saturated carbocycles. The molecule has 2 N–H and O–H groups in total. The number of amides is 4. The molecular weight excluding hydrogens is 524 g/mol. The third kappa shape index (κ3) is 6.19. The largest absolute Gasteiger partial charge is 0.495 e. The van der Waals surface area contributed by atoms with Gasteiger partial charge in [0, 0.05) is 0 Å². The van der Waals surface area contributed by atoms with Crippen LogP contribution in [0.1, 0.15) is 11.1 Å². The summed E-state index contributed by atoms with van der Waals surface area (Å²) in [5, 5.41) is 5.41. The summed E-state index contributed by atoms with van der Waals surface area (Å²) in [6.07, 6.45) is 1.39. The first kappa shape index (κ1) is 26.0. The molecule has 0 unspecified atom stereocenters. The molecule has 4 amide bonds. The van der Waals surface area contributed by atoms with Gasteiger partial charge in [-0.2, -0.15) is 0 Å². The second-order valence-electron chi connectivity index (χ2n) is 7.86. The average molecular weight is 544 g/mol. The highest BCUT2D eigenvalue weighted by Gasteiger charge is 2.35. The molecule has 1 saturated heterocycles. The summed E-state index contributed by atoms with van der Waals surface area (Å²) in [7, 11) is 1.46. The van der Waals surface area contributed by atoms with Gasteiger partial charge in [0.25, 0.3) is 5.91 Å². The molecule has 1 fully saturated rings. The van der Waals surface area contributed by atoms with Gasteiger partial charge in [0.15, 0.2) is 5.75 Å². The van der Waals surface area contributed by atoms with E-state index >= 15 is 0 Å². The van der Waals surface area contributed by atoms with Crippen molar-refractivity contribution in [3.63, 3.8) is 0 Å². The van der Waals surface area contributed by atoms with Gasteiger partial charge < -0.3 is 20.1 Å². The lowest BCUT2D eigenvalue weighted by atomic mass is 10.1. The van der Waals surface area contributed by atoms with Crippen LogP contribution in [0.3, 0.4) is 0 Å². The first-order valence-electron chi connectivity index (χ1n) is 10.9. The van der Waals surface area contributed by atoms with E-state index in [2.05, 4.69) is 10.6 Å². The monoisotopic (exact) mass is 543 g/mol. The van der Waals surface area contributed by atoms with Crippen molar-refractivity contribution in [2.75, 3.05) is 19.0 Å². The van der Waals surface area contributed by atoms with E-state index in [0.29, 0.717) is 22.6 Å². The Hall–Kier alpha value is -4.08. The number of ether oxygens (including phenoxy) is 2. The van der Waals surface area contributed by atoms with E-state index in [1.807, 2.05) is 0 Å². The maximum Gasteiger partial charge on any atom is 0.329 e. The number of anilines is 1. The summed E-state index contributed by atoms with van der Waals surface area (Å²) in [6.45, 7) is -0.391. The minimum absolute atomic E-state index is 0.0535. The predicted octanol–water partition coefficient (Wildman–Crippen LogP) is 5.25. The van der Waals surface area contributed by atoms with E-state index in [4.69, 9.17) is 32.7 Å². The Morgan fingerprint density at radius 3 is 2.43 bits per heavy atom. The Balaban J connectivity index is 1.44. The summed E-state index contributed by atoms with van der Waals surface area (Å²) in [5.41, 5.74) is 1.49. The number of hydrogen-bond donors (Lipinski definition) is 2. The molecule has 1 aliphatic rings. The van der Waals surface area contributed by atoms with Crippen molar-refractivity contribution >= 4 is 52.8 Å². The van der Waals surface area contributed by atoms with Crippen molar-refractivity contribution in [1.29, 1.82) is 0 Å². The van der Waals surface area contributed by atoms with Crippen molar-refractivity contribution in [2.24, 2.45) is 0 Å². The van der Waals surface area contributed by atoms with Gasteiger partial charge in [0.1, 0.15) is 30.4 Å². The van der Waals surface area contributed by atoms with Gasteiger partial charge in [-0.1, -0.05) is 47.5 Å². The van der Waals surface area contributed by atoms with Crippen LogP contribution in [0.15, 0.2) is 66.4 Å². The molecule has 0 aromatic heterocycles. The van der Waals surface area contributed by atoms with Crippen molar-refractivity contribution in [3.8, 4) is 11.5 Å². The van der Waals surface area contributed by atoms with E-state index < -0.39 is 24.4 Å². The fourth-order valence-corrected chi connectivity index (χ4v) is 4.11. The first-order chi connectivity index (χ1) is 17.7. The molecule has 0 spiro atoms. The molecule has 0 aliphatic carbocycles. The van der Waals surface area contributed by atoms with Gasteiger partial charge in [0.2, 0.25) is 5.91 Å². The Labute approximate surface area is 221 Å². The normalized spacial score (nSPS) is 14.1. The van der Waals surface area contributed by atoms with Gasteiger partial charge >= 0.3 is 6.03 Å². The maximum absolute atomic E-state index is 13.1. The minimum Gasteiger partial charge on any atom is -0.495 e. The number of para-hydroxylation sites is 2. The molecule has 4 rings (SSSR count). The number of hydrogen-bond acceptors (Lipinski definition) is 5. The second-order valence-corrected chi connectivity index (χ2v) is 8.67. The molecule has 11 heteroatoms. The fourth-order valence-electron chi connectivity index (χ4n) is 3.50. The Morgan fingerprint density at radius 2 is 1.76 bits per heavy atom. The number of carbonyl (C=O) groups is 3. The van der Waals surface area contributed by atoms with E-state index in [9.17, 15) is 18.8 Å². The SMILES string of the molecule is COc1ccccc1NC(=O)CN1C(=O)N/C(=C/c2cc(Cl)c(OCc3ccc(F)cc3)c(Cl)c2)C1=O. The van der Waals surface area contributed by atoms with Gasteiger partial charge in [-0.05, 0) is 53.6 Å². The fraction of sp³-hybridized carbons (Fsp3) is 0.115. The lowest BCUT2D eigenvalue weighted by Gasteiger charge is -2.13. The maximum atomic E-state index is 13.1. The Bertz CT molecular complexity index is 1370. The van der Waals surface area contributed by atoms with Crippen LogP contribution in [0.5, 0.6) is 11.5 Å². The molecule has 1 aliphatic heterocycles. The number of imide groups is 1. The summed E-state index contributed by atoms with van der Waals surface area (Å²) < 4.78 is 23.9. The minimum atomic E-state index is -0.747. The topological polar surface area (TPSA) is 97.0 Å². The third-order valence-corrected chi connectivity index (χ3v) is 5.83. The summed E-state index contributed by atoms with van der Waals surface area (Å²) in [6, 6.07) is 14.8. The molecule has 190 valence electrons. The predicted molar refractivity (Wildman–Crippen MR) is 137 cm³/mol. The third-order valence-electron chi connectivity index (χ3n) is 5.27. The lowest BCUT2D eigenvalue weighted by Crippen LogP contribution is -2.38. The van der Waals surface area contributed by atoms with Crippen LogP contribution in [-0.4, -0.2) is 36.4 Å². The van der Waals surface area contributed by atoms with Gasteiger partial charge in [0.05, 0.1) is 22.8 Å². The number of rotatable bonds is 8. The molecule has 0 radical (unpaired) electrons. The quantitative estimate of drug-likeness (QED) is 0.298. The highest BCUT2D eigenvalue weighted by molar-refractivity contribution is 6.37. The zero-order valence-electron chi connectivity index (χ0n) is 19.4. The van der Waals surface area contributed by atoms with Gasteiger partial charge in [-0.25, -0.2) is 14.1 Å². The van der Waals surface area contributed by atoms with Crippen LogP contribution in [0.4, 0.5) is 14.9 Å². The van der Waals surface area contributed by atoms with E-state index in [1.54, 1.807) is 36.4 Å². The number of carbonyl (C=O) groups excluding carboxylic acids is 3. The van der Waals surface area contributed by atoms with Gasteiger partial charge in [-0.15, -0.1) is 0 Å².